The van der Waals surface area contributed by atoms with E-state index < -0.39 is 0 Å². The smallest absolute Gasteiger partial charge is 0.216 e. The first-order valence-electron chi connectivity index (χ1n) is 7.00. The standard InChI is InChI=1S/C17H21BrN2O/c1-17(2,3)14-8-6-5-7-13(14)15(18)9-12-10-16(21-4)20-11-19-12/h5-8,10-11,15H,9H2,1-4H3. The number of hydrogen-bond acceptors (Lipinski definition) is 3. The highest BCUT2D eigenvalue weighted by Crippen LogP contribution is 2.35. The number of ether oxygens (including phenoxy) is 1. The summed E-state index contributed by atoms with van der Waals surface area (Å²) in [6.07, 6.45) is 2.34. The molecule has 0 radical (unpaired) electrons. The molecule has 1 aromatic carbocycles. The Morgan fingerprint density at radius 2 is 1.90 bits per heavy atom. The van der Waals surface area contributed by atoms with Gasteiger partial charge in [-0.3, -0.25) is 0 Å². The van der Waals surface area contributed by atoms with Gasteiger partial charge in [-0.05, 0) is 16.5 Å². The van der Waals surface area contributed by atoms with Gasteiger partial charge in [-0.25, -0.2) is 9.97 Å². The fourth-order valence-electron chi connectivity index (χ4n) is 2.35. The number of aromatic nitrogens is 2. The third kappa shape index (κ3) is 4.03. The summed E-state index contributed by atoms with van der Waals surface area (Å²) in [5.74, 6) is 0.601. The fourth-order valence-corrected chi connectivity index (χ4v) is 3.08. The molecule has 2 rings (SSSR count). The molecule has 2 aromatic rings. The third-order valence-corrected chi connectivity index (χ3v) is 4.22. The van der Waals surface area contributed by atoms with Crippen LogP contribution in [-0.2, 0) is 11.8 Å². The quantitative estimate of drug-likeness (QED) is 0.765. The first-order valence-corrected chi connectivity index (χ1v) is 7.92. The molecule has 0 saturated carbocycles. The van der Waals surface area contributed by atoms with Crippen LogP contribution in [-0.4, -0.2) is 17.1 Å². The van der Waals surface area contributed by atoms with Gasteiger partial charge in [0.25, 0.3) is 0 Å². The number of benzene rings is 1. The SMILES string of the molecule is COc1cc(CC(Br)c2ccccc2C(C)(C)C)ncn1. The minimum absolute atomic E-state index is 0.117. The molecule has 0 N–H and O–H groups in total. The minimum atomic E-state index is 0.117. The monoisotopic (exact) mass is 348 g/mol. The molecule has 0 saturated heterocycles. The molecule has 0 bridgehead atoms. The van der Waals surface area contributed by atoms with Crippen LogP contribution in [0.4, 0.5) is 0 Å². The molecule has 21 heavy (non-hydrogen) atoms. The van der Waals surface area contributed by atoms with E-state index in [4.69, 9.17) is 4.74 Å². The highest BCUT2D eigenvalue weighted by molar-refractivity contribution is 9.09. The third-order valence-electron chi connectivity index (χ3n) is 3.40. The zero-order valence-electron chi connectivity index (χ0n) is 12.9. The Morgan fingerprint density at radius 1 is 1.19 bits per heavy atom. The number of nitrogens with zero attached hydrogens (tertiary/aromatic N) is 2. The summed E-state index contributed by atoms with van der Waals surface area (Å²) in [5, 5.41) is 0. The Hall–Kier alpha value is -1.42. The molecular weight excluding hydrogens is 328 g/mol. The van der Waals surface area contributed by atoms with Gasteiger partial charge in [0.05, 0.1) is 7.11 Å². The molecule has 1 unspecified atom stereocenters. The largest absolute Gasteiger partial charge is 0.481 e. The van der Waals surface area contributed by atoms with Crippen molar-refractivity contribution in [3.05, 3.63) is 53.5 Å². The zero-order valence-corrected chi connectivity index (χ0v) is 14.5. The molecule has 0 spiro atoms. The maximum Gasteiger partial charge on any atom is 0.216 e. The van der Waals surface area contributed by atoms with E-state index in [1.165, 1.54) is 11.1 Å². The summed E-state index contributed by atoms with van der Waals surface area (Å²) in [4.78, 5) is 8.58. The number of methoxy groups -OCH3 is 1. The molecular formula is C17H21BrN2O. The lowest BCUT2D eigenvalue weighted by Crippen LogP contribution is -2.15. The number of hydrogen-bond donors (Lipinski definition) is 0. The van der Waals surface area contributed by atoms with Crippen LogP contribution in [0.15, 0.2) is 36.7 Å². The lowest BCUT2D eigenvalue weighted by atomic mass is 9.82. The van der Waals surface area contributed by atoms with Crippen molar-refractivity contribution in [2.24, 2.45) is 0 Å². The second-order valence-electron chi connectivity index (χ2n) is 6.06. The van der Waals surface area contributed by atoms with Crippen LogP contribution in [0.3, 0.4) is 0 Å². The molecule has 1 heterocycles. The van der Waals surface area contributed by atoms with Crippen molar-refractivity contribution >= 4 is 15.9 Å². The second kappa shape index (κ2) is 6.56. The summed E-state index contributed by atoms with van der Waals surface area (Å²) < 4.78 is 5.15. The van der Waals surface area contributed by atoms with Gasteiger partial charge in [0.1, 0.15) is 6.33 Å². The summed E-state index contributed by atoms with van der Waals surface area (Å²) in [5.41, 5.74) is 3.74. The van der Waals surface area contributed by atoms with Gasteiger partial charge in [0, 0.05) is 23.0 Å². The van der Waals surface area contributed by atoms with Crippen molar-refractivity contribution < 1.29 is 4.74 Å². The van der Waals surface area contributed by atoms with Crippen LogP contribution in [0.25, 0.3) is 0 Å². The number of rotatable bonds is 4. The number of halogens is 1. The highest BCUT2D eigenvalue weighted by atomic mass is 79.9. The van der Waals surface area contributed by atoms with Crippen molar-refractivity contribution in [2.45, 2.75) is 37.4 Å². The Balaban J connectivity index is 2.26. The normalized spacial score (nSPS) is 13.0. The predicted molar refractivity (Wildman–Crippen MR) is 89.1 cm³/mol. The lowest BCUT2D eigenvalue weighted by Gasteiger charge is -2.25. The van der Waals surface area contributed by atoms with Crippen LogP contribution < -0.4 is 4.74 Å². The Morgan fingerprint density at radius 3 is 2.57 bits per heavy atom. The maximum atomic E-state index is 5.15. The van der Waals surface area contributed by atoms with Crippen molar-refractivity contribution in [1.29, 1.82) is 0 Å². The summed E-state index contributed by atoms with van der Waals surface area (Å²) >= 11 is 3.81. The summed E-state index contributed by atoms with van der Waals surface area (Å²) in [6.45, 7) is 6.71. The molecule has 1 aromatic heterocycles. The topological polar surface area (TPSA) is 35.0 Å². The van der Waals surface area contributed by atoms with Gasteiger partial charge in [-0.15, -0.1) is 0 Å². The van der Waals surface area contributed by atoms with Crippen molar-refractivity contribution in [2.75, 3.05) is 7.11 Å². The lowest BCUT2D eigenvalue weighted by molar-refractivity contribution is 0.396. The molecule has 0 amide bonds. The Bertz CT molecular complexity index is 608. The average molecular weight is 349 g/mol. The second-order valence-corrected chi connectivity index (χ2v) is 7.17. The summed E-state index contributed by atoms with van der Waals surface area (Å²) in [6, 6.07) is 10.4. The molecule has 0 aliphatic heterocycles. The van der Waals surface area contributed by atoms with Crippen molar-refractivity contribution in [3.63, 3.8) is 0 Å². The van der Waals surface area contributed by atoms with Crippen LogP contribution in [0.2, 0.25) is 0 Å². The van der Waals surface area contributed by atoms with E-state index in [0.29, 0.717) is 5.88 Å². The highest BCUT2D eigenvalue weighted by Gasteiger charge is 2.21. The molecule has 112 valence electrons. The number of alkyl halides is 1. The van der Waals surface area contributed by atoms with Gasteiger partial charge in [-0.1, -0.05) is 61.0 Å². The van der Waals surface area contributed by atoms with E-state index in [0.717, 1.165) is 12.1 Å². The van der Waals surface area contributed by atoms with Gasteiger partial charge < -0.3 is 4.74 Å². The van der Waals surface area contributed by atoms with E-state index in [1.54, 1.807) is 13.4 Å². The van der Waals surface area contributed by atoms with Crippen LogP contribution in [0.1, 0.15) is 42.4 Å². The molecule has 0 aliphatic rings. The zero-order chi connectivity index (χ0) is 15.5. The van der Waals surface area contributed by atoms with E-state index in [-0.39, 0.29) is 10.2 Å². The fraction of sp³-hybridized carbons (Fsp3) is 0.412. The van der Waals surface area contributed by atoms with Gasteiger partial charge in [-0.2, -0.15) is 0 Å². The molecule has 4 heteroatoms. The minimum Gasteiger partial charge on any atom is -0.481 e. The maximum absolute atomic E-state index is 5.15. The average Bonchev–Trinajstić information content (AvgIpc) is 2.46. The van der Waals surface area contributed by atoms with E-state index >= 15 is 0 Å². The molecule has 0 fully saturated rings. The van der Waals surface area contributed by atoms with Crippen molar-refractivity contribution in [1.82, 2.24) is 9.97 Å². The van der Waals surface area contributed by atoms with Gasteiger partial charge in [0.15, 0.2) is 0 Å². The predicted octanol–water partition coefficient (Wildman–Crippen LogP) is 4.46. The molecule has 3 nitrogen and oxygen atoms in total. The first kappa shape index (κ1) is 16.0. The van der Waals surface area contributed by atoms with Crippen LogP contribution >= 0.6 is 15.9 Å². The van der Waals surface area contributed by atoms with E-state index in [1.807, 2.05) is 6.07 Å². The Labute approximate surface area is 134 Å². The van der Waals surface area contributed by atoms with E-state index in [9.17, 15) is 0 Å². The molecule has 0 aliphatic carbocycles. The summed E-state index contributed by atoms with van der Waals surface area (Å²) in [7, 11) is 1.62. The van der Waals surface area contributed by atoms with Gasteiger partial charge >= 0.3 is 0 Å². The Kier molecular flexibility index (Phi) is 4.99. The van der Waals surface area contributed by atoms with E-state index in [2.05, 4.69) is 70.9 Å². The molecule has 1 atom stereocenters. The van der Waals surface area contributed by atoms with Gasteiger partial charge in [0.2, 0.25) is 5.88 Å². The van der Waals surface area contributed by atoms with Crippen LogP contribution in [0.5, 0.6) is 5.88 Å². The first-order chi connectivity index (χ1) is 9.91. The van der Waals surface area contributed by atoms with Crippen molar-refractivity contribution in [3.8, 4) is 5.88 Å². The van der Waals surface area contributed by atoms with Crippen LogP contribution in [0, 0.1) is 0 Å².